The van der Waals surface area contributed by atoms with E-state index in [1.807, 2.05) is 0 Å². The van der Waals surface area contributed by atoms with Crippen LogP contribution in [0.4, 0.5) is 0 Å². The molecule has 0 amide bonds. The van der Waals surface area contributed by atoms with Crippen LogP contribution in [0.2, 0.25) is 0 Å². The molecule has 1 heterocycles. The average molecular weight is 342 g/mol. The van der Waals surface area contributed by atoms with E-state index in [2.05, 4.69) is 72.6 Å². The molecule has 0 radical (unpaired) electrons. The van der Waals surface area contributed by atoms with Gasteiger partial charge in [0.05, 0.1) is 12.5 Å². The molecule has 0 unspecified atom stereocenters. The Labute approximate surface area is 154 Å². The highest BCUT2D eigenvalue weighted by atomic mass is 15.1. The quantitative estimate of drug-likeness (QED) is 0.326. The van der Waals surface area contributed by atoms with Crippen molar-refractivity contribution in [1.29, 1.82) is 0 Å². The minimum atomic E-state index is 0.549. The van der Waals surface area contributed by atoms with Crippen LogP contribution < -0.4 is 4.57 Å². The van der Waals surface area contributed by atoms with Crippen molar-refractivity contribution in [1.82, 2.24) is 4.57 Å². The third-order valence-corrected chi connectivity index (χ3v) is 4.98. The zero-order valence-electron chi connectivity index (χ0n) is 16.6. The standard InChI is InChI=1S/C23H37N2/c1-4-5-6-7-8-9-10-14-17-24-18-19-25(23(24)21(2)3)20-22-15-12-11-13-16-22/h11-13,15-16,18-19,21H,4-10,14,17,20H2,1-3H3/q+1. The van der Waals surface area contributed by atoms with Crippen LogP contribution >= 0.6 is 0 Å². The Hall–Kier alpha value is -1.57. The molecule has 138 valence electrons. The van der Waals surface area contributed by atoms with Crippen LogP contribution in [0.1, 0.15) is 89.4 Å². The second-order valence-corrected chi connectivity index (χ2v) is 7.59. The fourth-order valence-corrected chi connectivity index (χ4v) is 3.66. The van der Waals surface area contributed by atoms with Gasteiger partial charge in [0.2, 0.25) is 0 Å². The monoisotopic (exact) mass is 341 g/mol. The Kier molecular flexibility index (Phi) is 8.79. The van der Waals surface area contributed by atoms with Gasteiger partial charge in [-0.2, -0.15) is 0 Å². The Morgan fingerprint density at radius 2 is 1.52 bits per heavy atom. The number of aryl methyl sites for hydroxylation is 1. The van der Waals surface area contributed by atoms with Gasteiger partial charge in [0.15, 0.2) is 0 Å². The second-order valence-electron chi connectivity index (χ2n) is 7.59. The summed E-state index contributed by atoms with van der Waals surface area (Å²) >= 11 is 0. The SMILES string of the molecule is CCCCCCCCCC[n+]1ccn(Cc2ccccc2)c1C(C)C. The van der Waals surface area contributed by atoms with E-state index in [-0.39, 0.29) is 0 Å². The highest BCUT2D eigenvalue weighted by molar-refractivity contribution is 5.15. The van der Waals surface area contributed by atoms with Crippen molar-refractivity contribution in [2.75, 3.05) is 0 Å². The first-order valence-corrected chi connectivity index (χ1v) is 10.3. The van der Waals surface area contributed by atoms with E-state index in [0.29, 0.717) is 5.92 Å². The molecule has 25 heavy (non-hydrogen) atoms. The van der Waals surface area contributed by atoms with E-state index in [1.54, 1.807) is 0 Å². The number of rotatable bonds is 12. The Morgan fingerprint density at radius 1 is 0.880 bits per heavy atom. The number of imidazole rings is 1. The van der Waals surface area contributed by atoms with Crippen molar-refractivity contribution in [3.63, 3.8) is 0 Å². The third-order valence-electron chi connectivity index (χ3n) is 4.98. The smallest absolute Gasteiger partial charge is 0.234 e. The normalized spacial score (nSPS) is 11.4. The van der Waals surface area contributed by atoms with Crippen LogP contribution in [0, 0.1) is 0 Å². The largest absolute Gasteiger partial charge is 0.259 e. The van der Waals surface area contributed by atoms with Gasteiger partial charge in [-0.05, 0) is 18.4 Å². The summed E-state index contributed by atoms with van der Waals surface area (Å²) in [5.41, 5.74) is 1.37. The lowest BCUT2D eigenvalue weighted by atomic mass is 10.1. The van der Waals surface area contributed by atoms with Gasteiger partial charge in [-0.1, -0.05) is 89.6 Å². The van der Waals surface area contributed by atoms with E-state index < -0.39 is 0 Å². The molecule has 0 saturated carbocycles. The molecule has 0 aliphatic heterocycles. The molecule has 0 bridgehead atoms. The van der Waals surface area contributed by atoms with Gasteiger partial charge in [-0.3, -0.25) is 0 Å². The van der Waals surface area contributed by atoms with Crippen LogP contribution in [-0.4, -0.2) is 4.57 Å². The molecule has 0 spiro atoms. The maximum Gasteiger partial charge on any atom is 0.259 e. The highest BCUT2D eigenvalue weighted by Gasteiger charge is 2.20. The zero-order valence-corrected chi connectivity index (χ0v) is 16.6. The molecule has 2 heteroatoms. The number of benzene rings is 1. The molecule has 2 aromatic rings. The van der Waals surface area contributed by atoms with E-state index >= 15 is 0 Å². The first kappa shape index (κ1) is 19.8. The molecule has 0 N–H and O–H groups in total. The predicted octanol–water partition coefficient (Wildman–Crippen LogP) is 6.09. The summed E-state index contributed by atoms with van der Waals surface area (Å²) in [5.74, 6) is 2.00. The Balaban J connectivity index is 1.82. The lowest BCUT2D eigenvalue weighted by Gasteiger charge is -2.08. The van der Waals surface area contributed by atoms with Gasteiger partial charge < -0.3 is 0 Å². The van der Waals surface area contributed by atoms with E-state index in [9.17, 15) is 0 Å². The van der Waals surface area contributed by atoms with Crippen molar-refractivity contribution in [3.05, 3.63) is 54.1 Å². The second kappa shape index (κ2) is 11.1. The molecular weight excluding hydrogens is 304 g/mol. The summed E-state index contributed by atoms with van der Waals surface area (Å²) in [6, 6.07) is 10.8. The first-order chi connectivity index (χ1) is 12.2. The lowest BCUT2D eigenvalue weighted by Crippen LogP contribution is -2.38. The summed E-state index contributed by atoms with van der Waals surface area (Å²) in [7, 11) is 0. The van der Waals surface area contributed by atoms with E-state index in [0.717, 1.165) is 13.1 Å². The van der Waals surface area contributed by atoms with E-state index in [4.69, 9.17) is 0 Å². The minimum Gasteiger partial charge on any atom is -0.234 e. The van der Waals surface area contributed by atoms with Gasteiger partial charge in [-0.25, -0.2) is 9.13 Å². The van der Waals surface area contributed by atoms with Gasteiger partial charge >= 0.3 is 0 Å². The van der Waals surface area contributed by atoms with Crippen molar-refractivity contribution in [2.45, 2.75) is 91.1 Å². The zero-order chi connectivity index (χ0) is 17.9. The molecule has 1 aromatic heterocycles. The van der Waals surface area contributed by atoms with Gasteiger partial charge in [-0.15, -0.1) is 0 Å². The fraction of sp³-hybridized carbons (Fsp3) is 0.609. The Bertz CT molecular complexity index is 583. The molecule has 0 aliphatic carbocycles. The van der Waals surface area contributed by atoms with Crippen LogP contribution in [0.5, 0.6) is 0 Å². The van der Waals surface area contributed by atoms with Gasteiger partial charge in [0.1, 0.15) is 18.9 Å². The predicted molar refractivity (Wildman–Crippen MR) is 107 cm³/mol. The van der Waals surface area contributed by atoms with Crippen molar-refractivity contribution >= 4 is 0 Å². The highest BCUT2D eigenvalue weighted by Crippen LogP contribution is 2.14. The summed E-state index contributed by atoms with van der Waals surface area (Å²) in [4.78, 5) is 0. The molecular formula is C23H37N2+. The van der Waals surface area contributed by atoms with Crippen LogP contribution in [0.3, 0.4) is 0 Å². The summed E-state index contributed by atoms with van der Waals surface area (Å²) < 4.78 is 4.90. The average Bonchev–Trinajstić information content (AvgIpc) is 3.01. The summed E-state index contributed by atoms with van der Waals surface area (Å²) in [6.45, 7) is 9.03. The Morgan fingerprint density at radius 3 is 2.16 bits per heavy atom. The summed E-state index contributed by atoms with van der Waals surface area (Å²) in [6.07, 6.45) is 15.6. The topological polar surface area (TPSA) is 8.81 Å². The molecule has 1 aromatic carbocycles. The van der Waals surface area contributed by atoms with Crippen molar-refractivity contribution in [3.8, 4) is 0 Å². The molecule has 2 rings (SSSR count). The fourth-order valence-electron chi connectivity index (χ4n) is 3.66. The molecule has 0 atom stereocenters. The molecule has 2 nitrogen and oxygen atoms in total. The van der Waals surface area contributed by atoms with Crippen LogP contribution in [-0.2, 0) is 13.1 Å². The lowest BCUT2D eigenvalue weighted by molar-refractivity contribution is -0.705. The minimum absolute atomic E-state index is 0.549. The van der Waals surface area contributed by atoms with Crippen molar-refractivity contribution in [2.24, 2.45) is 0 Å². The van der Waals surface area contributed by atoms with Crippen LogP contribution in [0.15, 0.2) is 42.7 Å². The molecule has 0 saturated heterocycles. The van der Waals surface area contributed by atoms with E-state index in [1.165, 1.54) is 62.8 Å². The van der Waals surface area contributed by atoms with Gasteiger partial charge in [0, 0.05) is 0 Å². The first-order valence-electron chi connectivity index (χ1n) is 10.3. The molecule has 0 fully saturated rings. The maximum absolute atomic E-state index is 2.48. The molecule has 0 aliphatic rings. The maximum atomic E-state index is 2.48. The van der Waals surface area contributed by atoms with Gasteiger partial charge in [0.25, 0.3) is 5.82 Å². The van der Waals surface area contributed by atoms with Crippen molar-refractivity contribution < 1.29 is 4.57 Å². The number of nitrogens with zero attached hydrogens (tertiary/aromatic N) is 2. The number of unbranched alkanes of at least 4 members (excludes halogenated alkanes) is 7. The number of aromatic nitrogens is 2. The third kappa shape index (κ3) is 6.68. The summed E-state index contributed by atoms with van der Waals surface area (Å²) in [5, 5.41) is 0. The van der Waals surface area contributed by atoms with Crippen LogP contribution in [0.25, 0.3) is 0 Å². The number of hydrogen-bond acceptors (Lipinski definition) is 0. The number of hydrogen-bond donors (Lipinski definition) is 0.